The Kier molecular flexibility index (Phi) is 8.38. The summed E-state index contributed by atoms with van der Waals surface area (Å²) in [5, 5.41) is 4.65. The number of rotatable bonds is 7. The van der Waals surface area contributed by atoms with Crippen LogP contribution in [-0.4, -0.2) is 29.1 Å². The van der Waals surface area contributed by atoms with Crippen molar-refractivity contribution in [3.8, 4) is 68.1 Å². The first-order valence-electron chi connectivity index (χ1n) is 20.8. The maximum Gasteiger partial charge on any atom is 0.238 e. The van der Waals surface area contributed by atoms with Gasteiger partial charge >= 0.3 is 0 Å². The third-order valence-corrected chi connectivity index (χ3v) is 11.8. The van der Waals surface area contributed by atoms with E-state index in [1.54, 1.807) is 0 Å². The van der Waals surface area contributed by atoms with Crippen molar-refractivity contribution in [3.05, 3.63) is 218 Å². The van der Waals surface area contributed by atoms with Gasteiger partial charge < -0.3 is 4.57 Å². The second-order valence-corrected chi connectivity index (χ2v) is 15.5. The van der Waals surface area contributed by atoms with Crippen molar-refractivity contribution >= 4 is 43.6 Å². The maximum absolute atomic E-state index is 5.26. The number of nitrogens with zero attached hydrogens (tertiary/aromatic N) is 6. The molecule has 8 aromatic carbocycles. The average Bonchev–Trinajstić information content (AvgIpc) is 3.88. The second kappa shape index (κ2) is 14.7. The van der Waals surface area contributed by atoms with Crippen LogP contribution < -0.4 is 0 Å². The van der Waals surface area contributed by atoms with Crippen LogP contribution in [-0.2, 0) is 0 Å². The topological polar surface area (TPSA) is 61.4 Å². The van der Waals surface area contributed by atoms with Gasteiger partial charge in [0.15, 0.2) is 11.6 Å². The molecule has 0 saturated carbocycles. The zero-order valence-corrected chi connectivity index (χ0v) is 33.5. The Morgan fingerprint density at radius 1 is 0.258 bits per heavy atom. The lowest BCUT2D eigenvalue weighted by Gasteiger charge is -2.12. The minimum absolute atomic E-state index is 0.566. The maximum atomic E-state index is 5.26. The van der Waals surface area contributed by atoms with E-state index in [4.69, 9.17) is 19.9 Å². The van der Waals surface area contributed by atoms with Gasteiger partial charge in [-0.1, -0.05) is 170 Å². The molecular weight excluding hydrogens is 757 g/mol. The lowest BCUT2D eigenvalue weighted by Crippen LogP contribution is -2.06. The van der Waals surface area contributed by atoms with Gasteiger partial charge in [-0.05, 0) is 59.7 Å². The molecule has 0 spiro atoms. The van der Waals surface area contributed by atoms with Gasteiger partial charge in [-0.15, -0.1) is 0 Å². The van der Waals surface area contributed by atoms with E-state index in [1.165, 1.54) is 10.8 Å². The molecule has 62 heavy (non-hydrogen) atoms. The summed E-state index contributed by atoms with van der Waals surface area (Å²) in [5.74, 6) is 1.80. The number of hydrogen-bond donors (Lipinski definition) is 0. The second-order valence-electron chi connectivity index (χ2n) is 15.5. The Morgan fingerprint density at radius 2 is 0.677 bits per heavy atom. The fraction of sp³-hybridized carbons (Fsp3) is 0. The van der Waals surface area contributed by atoms with Crippen LogP contribution in [0, 0.1) is 0 Å². The molecule has 0 fully saturated rings. The van der Waals surface area contributed by atoms with E-state index in [2.05, 4.69) is 185 Å². The van der Waals surface area contributed by atoms with E-state index < -0.39 is 0 Å². The van der Waals surface area contributed by atoms with Crippen LogP contribution in [0.25, 0.3) is 112 Å². The molecule has 0 radical (unpaired) electrons. The van der Waals surface area contributed by atoms with Crippen molar-refractivity contribution in [1.29, 1.82) is 0 Å². The van der Waals surface area contributed by atoms with Crippen molar-refractivity contribution in [2.24, 2.45) is 0 Å². The molecule has 0 aliphatic rings. The molecule has 6 heteroatoms. The molecule has 6 nitrogen and oxygen atoms in total. The van der Waals surface area contributed by atoms with Crippen molar-refractivity contribution in [2.45, 2.75) is 0 Å². The van der Waals surface area contributed by atoms with Gasteiger partial charge in [0, 0.05) is 49.5 Å². The van der Waals surface area contributed by atoms with E-state index >= 15 is 0 Å². The highest BCUT2D eigenvalue weighted by Gasteiger charge is 2.23. The van der Waals surface area contributed by atoms with Gasteiger partial charge in [-0.2, -0.15) is 9.97 Å². The van der Waals surface area contributed by atoms with Crippen LogP contribution in [0.1, 0.15) is 0 Å². The van der Waals surface area contributed by atoms with E-state index in [1.807, 2.05) is 42.5 Å². The lowest BCUT2D eigenvalue weighted by atomic mass is 10.0. The summed E-state index contributed by atoms with van der Waals surface area (Å²) in [4.78, 5) is 20.6. The van der Waals surface area contributed by atoms with Gasteiger partial charge in [0.05, 0.1) is 33.5 Å². The highest BCUT2D eigenvalue weighted by Crippen LogP contribution is 2.42. The highest BCUT2D eigenvalue weighted by atomic mass is 15.2. The third kappa shape index (κ3) is 5.96. The van der Waals surface area contributed by atoms with Crippen LogP contribution in [0.2, 0.25) is 0 Å². The van der Waals surface area contributed by atoms with Crippen LogP contribution in [0.3, 0.4) is 0 Å². The van der Waals surface area contributed by atoms with E-state index in [0.29, 0.717) is 17.6 Å². The summed E-state index contributed by atoms with van der Waals surface area (Å²) in [5.41, 5.74) is 13.6. The molecule has 0 saturated heterocycles. The highest BCUT2D eigenvalue weighted by molar-refractivity contribution is 6.28. The number of fused-ring (bicyclic) bond motifs is 7. The van der Waals surface area contributed by atoms with Crippen molar-refractivity contribution in [1.82, 2.24) is 29.1 Å². The molecule has 4 aromatic heterocycles. The van der Waals surface area contributed by atoms with Crippen molar-refractivity contribution in [2.75, 3.05) is 0 Å². The molecule has 0 N–H and O–H groups in total. The molecule has 0 aliphatic heterocycles. The van der Waals surface area contributed by atoms with Crippen LogP contribution >= 0.6 is 0 Å². The summed E-state index contributed by atoms with van der Waals surface area (Å²) >= 11 is 0. The molecular formula is C56H36N6. The SMILES string of the molecule is c1ccc(-c2ccc(-c3nc(-c4ccccc4)nc(-n4c5ccccc5c5c6c7ccccc7n(-c7ccc(-c8cccc(-c9ccccc9)n8)cc7)c6ccc54)n3)cc2)cc1. The third-order valence-electron chi connectivity index (χ3n) is 11.8. The normalized spacial score (nSPS) is 11.5. The minimum Gasteiger partial charge on any atom is -0.309 e. The largest absolute Gasteiger partial charge is 0.309 e. The Morgan fingerprint density at radius 3 is 1.27 bits per heavy atom. The van der Waals surface area contributed by atoms with Crippen molar-refractivity contribution in [3.63, 3.8) is 0 Å². The molecule has 0 amide bonds. The Hall–Kier alpha value is -8.48. The fourth-order valence-corrected chi connectivity index (χ4v) is 8.91. The molecule has 12 rings (SSSR count). The minimum atomic E-state index is 0.566. The summed E-state index contributed by atoms with van der Waals surface area (Å²) in [6.07, 6.45) is 0. The molecule has 0 bridgehead atoms. The zero-order valence-electron chi connectivity index (χ0n) is 33.5. The first-order valence-corrected chi connectivity index (χ1v) is 20.8. The van der Waals surface area contributed by atoms with Crippen LogP contribution in [0.5, 0.6) is 0 Å². The average molecular weight is 793 g/mol. The number of para-hydroxylation sites is 2. The molecule has 0 aliphatic carbocycles. The fourth-order valence-electron chi connectivity index (χ4n) is 8.91. The molecule has 12 aromatic rings. The van der Waals surface area contributed by atoms with E-state index in [9.17, 15) is 0 Å². The number of aromatic nitrogens is 6. The Labute approximate surface area is 357 Å². The standard InChI is InChI=1S/C56H36N6/c1-4-15-37(16-5-1)38-27-29-42(30-28-38)55-58-54(41-19-8-3-9-20-41)59-56(60-55)62-49-26-13-11-22-45(49)53-51(62)36-35-50-52(53)44-21-10-12-25-48(44)61(50)43-33-31-40(32-34-43)47-24-14-23-46(57-47)39-17-6-2-7-18-39/h1-36H. The van der Waals surface area contributed by atoms with Gasteiger partial charge in [-0.25, -0.2) is 9.97 Å². The molecule has 0 atom stereocenters. The number of pyridine rings is 1. The summed E-state index contributed by atoms with van der Waals surface area (Å²) in [6, 6.07) is 76.1. The predicted molar refractivity (Wildman–Crippen MR) is 253 cm³/mol. The van der Waals surface area contributed by atoms with E-state index in [-0.39, 0.29) is 0 Å². The summed E-state index contributed by atoms with van der Waals surface area (Å²) in [7, 11) is 0. The predicted octanol–water partition coefficient (Wildman–Crippen LogP) is 13.8. The molecule has 4 heterocycles. The van der Waals surface area contributed by atoms with Crippen LogP contribution in [0.4, 0.5) is 0 Å². The monoisotopic (exact) mass is 792 g/mol. The first kappa shape index (κ1) is 35.5. The van der Waals surface area contributed by atoms with Crippen molar-refractivity contribution < 1.29 is 0 Å². The van der Waals surface area contributed by atoms with Gasteiger partial charge in [0.25, 0.3) is 0 Å². The number of benzene rings is 8. The number of hydrogen-bond acceptors (Lipinski definition) is 4. The zero-order chi connectivity index (χ0) is 41.0. The smallest absolute Gasteiger partial charge is 0.238 e. The van der Waals surface area contributed by atoms with E-state index in [0.717, 1.165) is 83.3 Å². The van der Waals surface area contributed by atoms with Crippen LogP contribution in [0.15, 0.2) is 218 Å². The van der Waals surface area contributed by atoms with Gasteiger partial charge in [0.2, 0.25) is 5.95 Å². The summed E-state index contributed by atoms with van der Waals surface area (Å²) < 4.78 is 4.58. The molecule has 290 valence electrons. The van der Waals surface area contributed by atoms with Gasteiger partial charge in [0.1, 0.15) is 0 Å². The lowest BCUT2D eigenvalue weighted by molar-refractivity contribution is 0.953. The molecule has 0 unspecified atom stereocenters. The van der Waals surface area contributed by atoms with Gasteiger partial charge in [-0.3, -0.25) is 4.57 Å². The summed E-state index contributed by atoms with van der Waals surface area (Å²) in [6.45, 7) is 0. The first-order chi connectivity index (χ1) is 30.7. The Bertz CT molecular complexity index is 3590. The quantitative estimate of drug-likeness (QED) is 0.161. The Balaban J connectivity index is 1.03.